The topological polar surface area (TPSA) is 45.8 Å². The van der Waals surface area contributed by atoms with Crippen LogP contribution in [-0.4, -0.2) is 9.97 Å². The first-order valence-corrected chi connectivity index (χ1v) is 7.12. The first-order valence-electron chi connectivity index (χ1n) is 7.12. The molecular weight excluding hydrogens is 267 g/mol. The van der Waals surface area contributed by atoms with Gasteiger partial charge in [0.25, 0.3) is 0 Å². The van der Waals surface area contributed by atoms with E-state index in [-0.39, 0.29) is 11.4 Å². The molecule has 114 valence electrons. The first kappa shape index (κ1) is 17.1. The molecule has 0 radical (unpaired) electrons. The number of nitrogens with one attached hydrogen (secondary N) is 1. The number of hydrogen-bond acceptors (Lipinski definition) is 2. The summed E-state index contributed by atoms with van der Waals surface area (Å²) in [7, 11) is 0. The second-order valence-corrected chi connectivity index (χ2v) is 5.63. The highest BCUT2D eigenvalue weighted by Crippen LogP contribution is 2.14. The quantitative estimate of drug-likeness (QED) is 0.903. The molecular formula is C17H23FN2O. The van der Waals surface area contributed by atoms with Crippen LogP contribution in [0.3, 0.4) is 0 Å². The van der Waals surface area contributed by atoms with Crippen molar-refractivity contribution in [2.24, 2.45) is 0 Å². The SMILES string of the molecule is CC(C)c1ccc(=O)[nH]c1.Cc1ncc(C(C)C)cc1F. The minimum atomic E-state index is -0.212. The van der Waals surface area contributed by atoms with Crippen LogP contribution in [0.4, 0.5) is 4.39 Å². The Labute approximate surface area is 125 Å². The van der Waals surface area contributed by atoms with Gasteiger partial charge >= 0.3 is 0 Å². The number of nitrogens with zero attached hydrogens (tertiary/aromatic N) is 1. The van der Waals surface area contributed by atoms with Crippen molar-refractivity contribution in [3.8, 4) is 0 Å². The van der Waals surface area contributed by atoms with Gasteiger partial charge in [0.1, 0.15) is 5.82 Å². The Bertz CT molecular complexity index is 612. The molecule has 0 amide bonds. The molecule has 3 nitrogen and oxygen atoms in total. The van der Waals surface area contributed by atoms with E-state index >= 15 is 0 Å². The molecule has 0 spiro atoms. The van der Waals surface area contributed by atoms with Crippen LogP contribution in [-0.2, 0) is 0 Å². The number of H-pyrrole nitrogens is 1. The summed E-state index contributed by atoms with van der Waals surface area (Å²) in [4.78, 5) is 17.1. The van der Waals surface area contributed by atoms with E-state index in [0.717, 1.165) is 5.56 Å². The lowest BCUT2D eigenvalue weighted by Crippen LogP contribution is -2.03. The molecule has 0 fully saturated rings. The third kappa shape index (κ3) is 5.50. The van der Waals surface area contributed by atoms with E-state index in [4.69, 9.17) is 0 Å². The molecule has 21 heavy (non-hydrogen) atoms. The summed E-state index contributed by atoms with van der Waals surface area (Å²) in [6.07, 6.45) is 3.48. The first-order chi connectivity index (χ1) is 9.81. The molecule has 0 saturated heterocycles. The van der Waals surface area contributed by atoms with E-state index in [2.05, 4.69) is 23.8 Å². The van der Waals surface area contributed by atoms with E-state index in [1.807, 2.05) is 19.9 Å². The van der Waals surface area contributed by atoms with Gasteiger partial charge in [-0.3, -0.25) is 9.78 Å². The Morgan fingerprint density at radius 1 is 1.10 bits per heavy atom. The molecule has 0 atom stereocenters. The van der Waals surface area contributed by atoms with Crippen molar-refractivity contribution in [3.05, 3.63) is 63.6 Å². The monoisotopic (exact) mass is 290 g/mol. The maximum Gasteiger partial charge on any atom is 0.247 e. The predicted octanol–water partition coefficient (Wildman–Crippen LogP) is 4.15. The number of aryl methyl sites for hydroxylation is 1. The second kappa shape index (κ2) is 7.72. The Kier molecular flexibility index (Phi) is 6.28. The Balaban J connectivity index is 0.000000211. The van der Waals surface area contributed by atoms with Crippen molar-refractivity contribution in [1.29, 1.82) is 0 Å². The summed E-state index contributed by atoms with van der Waals surface area (Å²) < 4.78 is 12.9. The van der Waals surface area contributed by atoms with E-state index in [1.54, 1.807) is 31.5 Å². The largest absolute Gasteiger partial charge is 0.329 e. The molecule has 0 aliphatic rings. The minimum Gasteiger partial charge on any atom is -0.329 e. The normalized spacial score (nSPS) is 10.5. The molecule has 0 aliphatic heterocycles. The third-order valence-corrected chi connectivity index (χ3v) is 3.19. The van der Waals surface area contributed by atoms with Crippen molar-refractivity contribution >= 4 is 0 Å². The molecule has 4 heteroatoms. The summed E-state index contributed by atoms with van der Waals surface area (Å²) in [5.41, 5.74) is 2.55. The van der Waals surface area contributed by atoms with Gasteiger partial charge in [-0.05, 0) is 36.0 Å². The van der Waals surface area contributed by atoms with Gasteiger partial charge in [0.15, 0.2) is 0 Å². The fourth-order valence-corrected chi connectivity index (χ4v) is 1.62. The van der Waals surface area contributed by atoms with Gasteiger partial charge in [0.2, 0.25) is 5.56 Å². The number of aromatic nitrogens is 2. The summed E-state index contributed by atoms with van der Waals surface area (Å²) >= 11 is 0. The average molecular weight is 290 g/mol. The smallest absolute Gasteiger partial charge is 0.247 e. The molecule has 2 aromatic heterocycles. The maximum atomic E-state index is 12.9. The van der Waals surface area contributed by atoms with Crippen LogP contribution in [0.1, 0.15) is 56.4 Å². The zero-order valence-corrected chi connectivity index (χ0v) is 13.3. The van der Waals surface area contributed by atoms with Crippen molar-refractivity contribution in [2.75, 3.05) is 0 Å². The van der Waals surface area contributed by atoms with Gasteiger partial charge in [-0.15, -0.1) is 0 Å². The predicted molar refractivity (Wildman–Crippen MR) is 84.2 cm³/mol. The van der Waals surface area contributed by atoms with Gasteiger partial charge in [0, 0.05) is 18.5 Å². The average Bonchev–Trinajstić information content (AvgIpc) is 2.43. The Hall–Kier alpha value is -1.97. The summed E-state index contributed by atoms with van der Waals surface area (Å²) in [6, 6.07) is 4.95. The van der Waals surface area contributed by atoms with Crippen LogP contribution in [0, 0.1) is 12.7 Å². The van der Waals surface area contributed by atoms with Gasteiger partial charge in [-0.25, -0.2) is 4.39 Å². The lowest BCUT2D eigenvalue weighted by Gasteiger charge is -2.04. The molecule has 0 saturated carbocycles. The highest BCUT2D eigenvalue weighted by molar-refractivity contribution is 5.18. The van der Waals surface area contributed by atoms with Crippen LogP contribution < -0.4 is 5.56 Å². The van der Waals surface area contributed by atoms with E-state index in [9.17, 15) is 9.18 Å². The number of pyridine rings is 2. The summed E-state index contributed by atoms with van der Waals surface area (Å²) in [6.45, 7) is 9.89. The second-order valence-electron chi connectivity index (χ2n) is 5.63. The number of hydrogen-bond donors (Lipinski definition) is 1. The zero-order valence-electron chi connectivity index (χ0n) is 13.3. The van der Waals surface area contributed by atoms with Crippen LogP contribution in [0.15, 0.2) is 35.4 Å². The maximum absolute atomic E-state index is 12.9. The van der Waals surface area contributed by atoms with Gasteiger partial charge in [-0.2, -0.15) is 0 Å². The van der Waals surface area contributed by atoms with Crippen LogP contribution >= 0.6 is 0 Å². The molecule has 0 aliphatic carbocycles. The third-order valence-electron chi connectivity index (χ3n) is 3.19. The van der Waals surface area contributed by atoms with E-state index < -0.39 is 0 Å². The van der Waals surface area contributed by atoms with E-state index in [1.165, 1.54) is 5.56 Å². The van der Waals surface area contributed by atoms with Crippen molar-refractivity contribution in [3.63, 3.8) is 0 Å². The number of rotatable bonds is 2. The van der Waals surface area contributed by atoms with Crippen LogP contribution in [0.2, 0.25) is 0 Å². The highest BCUT2D eigenvalue weighted by atomic mass is 19.1. The van der Waals surface area contributed by atoms with Gasteiger partial charge in [-0.1, -0.05) is 33.8 Å². The molecule has 2 rings (SSSR count). The summed E-state index contributed by atoms with van der Waals surface area (Å²) in [5, 5.41) is 0. The molecule has 0 unspecified atom stereocenters. The van der Waals surface area contributed by atoms with Crippen molar-refractivity contribution in [2.45, 2.75) is 46.5 Å². The standard InChI is InChI=1S/C9H12FN.C8H11NO/c1-6(2)8-4-9(10)7(3)11-5-8;1-6(2)7-3-4-8(10)9-5-7/h4-6H,1-3H3;3-6H,1-2H3,(H,9,10). The van der Waals surface area contributed by atoms with Gasteiger partial charge in [0.05, 0.1) is 5.69 Å². The number of aromatic amines is 1. The Morgan fingerprint density at radius 3 is 2.14 bits per heavy atom. The minimum absolute atomic E-state index is 0.0376. The molecule has 1 N–H and O–H groups in total. The van der Waals surface area contributed by atoms with Crippen LogP contribution in [0.5, 0.6) is 0 Å². The summed E-state index contributed by atoms with van der Waals surface area (Å²) in [5.74, 6) is 0.616. The van der Waals surface area contributed by atoms with Crippen molar-refractivity contribution < 1.29 is 4.39 Å². The fourth-order valence-electron chi connectivity index (χ4n) is 1.62. The lowest BCUT2D eigenvalue weighted by molar-refractivity contribution is 0.604. The molecule has 2 heterocycles. The Morgan fingerprint density at radius 2 is 1.71 bits per heavy atom. The highest BCUT2D eigenvalue weighted by Gasteiger charge is 2.03. The number of halogens is 1. The molecule has 0 aromatic carbocycles. The zero-order chi connectivity index (χ0) is 16.0. The molecule has 0 bridgehead atoms. The fraction of sp³-hybridized carbons (Fsp3) is 0.412. The van der Waals surface area contributed by atoms with Gasteiger partial charge < -0.3 is 4.98 Å². The van der Waals surface area contributed by atoms with E-state index in [0.29, 0.717) is 17.5 Å². The van der Waals surface area contributed by atoms with Crippen molar-refractivity contribution in [1.82, 2.24) is 9.97 Å². The molecule has 2 aromatic rings. The lowest BCUT2D eigenvalue weighted by atomic mass is 10.1. The van der Waals surface area contributed by atoms with Crippen LogP contribution in [0.25, 0.3) is 0 Å².